The molecule has 0 bridgehead atoms. The van der Waals surface area contributed by atoms with Crippen molar-refractivity contribution < 1.29 is 34.1 Å². The monoisotopic (exact) mass is 457 g/mol. The molecule has 0 heterocycles. The van der Waals surface area contributed by atoms with Crippen molar-refractivity contribution in [3.8, 4) is 18.1 Å². The Morgan fingerprint density at radius 2 is 1.97 bits per heavy atom. The van der Waals surface area contributed by atoms with E-state index in [0.717, 1.165) is 5.56 Å². The molecule has 0 spiro atoms. The number of benzene rings is 1. The Bertz CT molecular complexity index is 1060. The number of rotatable bonds is 4. The number of hydrogen-bond acceptors (Lipinski definition) is 8. The normalized spacial score (nSPS) is 36.4. The molecular weight excluding hydrogens is 430 g/mol. The summed E-state index contributed by atoms with van der Waals surface area (Å²) in [4.78, 5) is 39.8. The third-order valence-corrected chi connectivity index (χ3v) is 7.96. The van der Waals surface area contributed by atoms with Crippen molar-refractivity contribution in [1.82, 2.24) is 0 Å². The van der Waals surface area contributed by atoms with Gasteiger partial charge < -0.3 is 19.4 Å². The average Bonchev–Trinajstić information content (AvgIpc) is 2.99. The molecule has 0 aromatic heterocycles. The maximum atomic E-state index is 12.1. The van der Waals surface area contributed by atoms with Crippen LogP contribution in [0, 0.1) is 39.7 Å². The maximum Gasteiger partial charge on any atom is 0.308 e. The lowest BCUT2D eigenvalue weighted by molar-refractivity contribution is -0.775. The molecule has 1 aromatic carbocycles. The molecule has 3 aliphatic carbocycles. The Morgan fingerprint density at radius 1 is 1.24 bits per heavy atom. The van der Waals surface area contributed by atoms with Crippen LogP contribution in [-0.4, -0.2) is 33.8 Å². The minimum Gasteiger partial charge on any atom is -0.445 e. The molecule has 33 heavy (non-hydrogen) atoms. The summed E-state index contributed by atoms with van der Waals surface area (Å²) in [6.45, 7) is 4.47. The largest absolute Gasteiger partial charge is 0.445 e. The lowest BCUT2D eigenvalue weighted by Gasteiger charge is -2.58. The summed E-state index contributed by atoms with van der Waals surface area (Å²) in [6.07, 6.45) is 6.80. The number of aryl methyl sites for hydroxylation is 1. The molecule has 3 aliphatic rings. The average molecular weight is 457 g/mol. The van der Waals surface area contributed by atoms with Crippen molar-refractivity contribution in [2.75, 3.05) is 0 Å². The van der Waals surface area contributed by atoms with Crippen molar-refractivity contribution in [3.05, 3.63) is 39.4 Å². The highest BCUT2D eigenvalue weighted by molar-refractivity contribution is 5.69. The Hall–Kier alpha value is -3.12. The fourth-order valence-electron chi connectivity index (χ4n) is 6.71. The van der Waals surface area contributed by atoms with Gasteiger partial charge in [-0.15, -0.1) is 16.5 Å². The van der Waals surface area contributed by atoms with Gasteiger partial charge in [-0.05, 0) is 67.2 Å². The minimum absolute atomic E-state index is 0.0360. The molecule has 2 fully saturated rings. The van der Waals surface area contributed by atoms with Crippen LogP contribution >= 0.6 is 0 Å². The Morgan fingerprint density at radius 3 is 2.58 bits per heavy atom. The zero-order valence-electron chi connectivity index (χ0n) is 18.8. The number of carbonyl (C=O) groups is 2. The van der Waals surface area contributed by atoms with Crippen molar-refractivity contribution in [1.29, 1.82) is 0 Å². The van der Waals surface area contributed by atoms with Gasteiger partial charge in [0.1, 0.15) is 17.5 Å². The van der Waals surface area contributed by atoms with E-state index in [1.807, 2.05) is 6.92 Å². The van der Waals surface area contributed by atoms with Crippen LogP contribution in [0.2, 0.25) is 0 Å². The third-order valence-electron chi connectivity index (χ3n) is 7.96. The lowest BCUT2D eigenvalue weighted by atomic mass is 9.50. The first-order valence-corrected chi connectivity index (χ1v) is 11.0. The van der Waals surface area contributed by atoms with E-state index in [2.05, 4.69) is 5.92 Å². The molecule has 4 unspecified atom stereocenters. The standard InChI is InChI=1S/C24H27NO8/c1-5-23(32-15(3)27)11-10-19-20-8-6-16-12-17(31-14(2)26)7-9-18(16)24(20,28)21(33-25(29)30)13-22(19,23)4/h1,7,9,12,19-21,28H,6,8,10-11,13H2,2-4H3/t19?,20?,21?,22?,23-,24-/m0/s1. The highest BCUT2D eigenvalue weighted by atomic mass is 17.0. The summed E-state index contributed by atoms with van der Waals surface area (Å²) in [5, 5.41) is 22.7. The van der Waals surface area contributed by atoms with E-state index in [-0.39, 0.29) is 12.3 Å². The molecule has 9 heteroatoms. The summed E-state index contributed by atoms with van der Waals surface area (Å²) >= 11 is 0. The van der Waals surface area contributed by atoms with Crippen LogP contribution in [0.15, 0.2) is 18.2 Å². The molecule has 2 saturated carbocycles. The van der Waals surface area contributed by atoms with Crippen LogP contribution in [0.25, 0.3) is 0 Å². The summed E-state index contributed by atoms with van der Waals surface area (Å²) in [5.41, 5.74) is -2.44. The van der Waals surface area contributed by atoms with E-state index in [9.17, 15) is 24.8 Å². The van der Waals surface area contributed by atoms with Crippen molar-refractivity contribution in [2.24, 2.45) is 17.3 Å². The van der Waals surface area contributed by atoms with Crippen LogP contribution in [0.1, 0.15) is 57.6 Å². The topological polar surface area (TPSA) is 125 Å². The zero-order chi connectivity index (χ0) is 24.2. The van der Waals surface area contributed by atoms with Gasteiger partial charge in [-0.1, -0.05) is 18.9 Å². The second kappa shape index (κ2) is 7.73. The van der Waals surface area contributed by atoms with Crippen molar-refractivity contribution in [3.63, 3.8) is 0 Å². The quantitative estimate of drug-likeness (QED) is 0.241. The van der Waals surface area contributed by atoms with Crippen molar-refractivity contribution in [2.45, 2.75) is 70.2 Å². The molecule has 0 amide bonds. The van der Waals surface area contributed by atoms with Crippen LogP contribution in [-0.2, 0) is 31.2 Å². The number of nitrogens with zero attached hydrogens (tertiary/aromatic N) is 1. The van der Waals surface area contributed by atoms with E-state index in [4.69, 9.17) is 20.7 Å². The SMILES string of the molecule is C#C[C@]1(OC(C)=O)CCC2C3CCc4cc(OC(C)=O)ccc4[C@@]3(O)C(O[N+](=O)[O-])CC21C. The maximum absolute atomic E-state index is 12.1. The number of esters is 2. The molecule has 0 aliphatic heterocycles. The number of hydrogen-bond donors (Lipinski definition) is 1. The van der Waals surface area contributed by atoms with Crippen LogP contribution in [0.3, 0.4) is 0 Å². The molecule has 0 saturated heterocycles. The summed E-state index contributed by atoms with van der Waals surface area (Å²) in [7, 11) is 0. The highest BCUT2D eigenvalue weighted by Crippen LogP contribution is 2.66. The molecule has 1 aromatic rings. The van der Waals surface area contributed by atoms with Gasteiger partial charge in [0, 0.05) is 19.3 Å². The predicted molar refractivity (Wildman–Crippen MR) is 114 cm³/mol. The molecule has 176 valence electrons. The van der Waals surface area contributed by atoms with Gasteiger partial charge in [-0.25, -0.2) is 0 Å². The van der Waals surface area contributed by atoms with E-state index in [1.54, 1.807) is 18.2 Å². The predicted octanol–water partition coefficient (Wildman–Crippen LogP) is 2.69. The Kier molecular flexibility index (Phi) is 5.40. The molecule has 9 nitrogen and oxygen atoms in total. The minimum atomic E-state index is -1.65. The van der Waals surface area contributed by atoms with E-state index >= 15 is 0 Å². The van der Waals surface area contributed by atoms with Gasteiger partial charge in [-0.3, -0.25) is 9.59 Å². The highest BCUT2D eigenvalue weighted by Gasteiger charge is 2.70. The van der Waals surface area contributed by atoms with Gasteiger partial charge in [0.05, 0.1) is 0 Å². The van der Waals surface area contributed by atoms with E-state index in [0.29, 0.717) is 37.0 Å². The first kappa shape index (κ1) is 23.1. The number of terminal acetylenes is 1. The van der Waals surface area contributed by atoms with Gasteiger partial charge in [0.25, 0.3) is 5.09 Å². The van der Waals surface area contributed by atoms with Crippen LogP contribution in [0.5, 0.6) is 5.75 Å². The summed E-state index contributed by atoms with van der Waals surface area (Å²) < 4.78 is 10.9. The Labute approximate surface area is 191 Å². The number of carbonyl (C=O) groups excluding carboxylic acids is 2. The van der Waals surface area contributed by atoms with Crippen molar-refractivity contribution >= 4 is 11.9 Å². The fourth-order valence-corrected chi connectivity index (χ4v) is 6.71. The first-order chi connectivity index (χ1) is 15.5. The summed E-state index contributed by atoms with van der Waals surface area (Å²) in [5.74, 6) is 1.49. The second-order valence-corrected chi connectivity index (χ2v) is 9.53. The smallest absolute Gasteiger partial charge is 0.308 e. The van der Waals surface area contributed by atoms with Crippen LogP contribution < -0.4 is 4.74 Å². The van der Waals surface area contributed by atoms with Crippen LogP contribution in [0.4, 0.5) is 0 Å². The molecule has 6 atom stereocenters. The van der Waals surface area contributed by atoms with Gasteiger partial charge in [0.15, 0.2) is 5.60 Å². The van der Waals surface area contributed by atoms with E-state index < -0.39 is 45.7 Å². The molecule has 4 rings (SSSR count). The number of fused-ring (bicyclic) bond motifs is 5. The number of aliphatic hydroxyl groups is 1. The van der Waals surface area contributed by atoms with Gasteiger partial charge in [0.2, 0.25) is 0 Å². The lowest BCUT2D eigenvalue weighted by Crippen LogP contribution is -2.64. The Balaban J connectivity index is 1.83. The third kappa shape index (κ3) is 3.35. The van der Waals surface area contributed by atoms with Gasteiger partial charge >= 0.3 is 11.9 Å². The molecule has 0 radical (unpaired) electrons. The molecular formula is C24H27NO8. The van der Waals surface area contributed by atoms with E-state index in [1.165, 1.54) is 13.8 Å². The molecule has 1 N–H and O–H groups in total. The fraction of sp³-hybridized carbons (Fsp3) is 0.583. The summed E-state index contributed by atoms with van der Waals surface area (Å²) in [6, 6.07) is 4.90. The van der Waals surface area contributed by atoms with Gasteiger partial charge in [-0.2, -0.15) is 0 Å². The first-order valence-electron chi connectivity index (χ1n) is 11.0. The number of ether oxygens (including phenoxy) is 2. The zero-order valence-corrected chi connectivity index (χ0v) is 18.8. The second-order valence-electron chi connectivity index (χ2n) is 9.53.